The van der Waals surface area contributed by atoms with Gasteiger partial charge in [0, 0.05) is 18.9 Å². The summed E-state index contributed by atoms with van der Waals surface area (Å²) in [6.45, 7) is 2.84. The Morgan fingerprint density at radius 2 is 1.94 bits per heavy atom. The Bertz CT molecular complexity index is 1660. The Kier molecular flexibility index (Phi) is 7.04. The van der Waals surface area contributed by atoms with E-state index in [1.54, 1.807) is 27.5 Å². The van der Waals surface area contributed by atoms with Gasteiger partial charge in [0.05, 0.1) is 27.7 Å². The van der Waals surface area contributed by atoms with Gasteiger partial charge in [-0.05, 0) is 30.5 Å². The topological polar surface area (TPSA) is 108 Å². The minimum atomic E-state index is -0.266. The van der Waals surface area contributed by atoms with E-state index in [0.717, 1.165) is 6.42 Å². The highest BCUT2D eigenvalue weighted by molar-refractivity contribution is 7.59. The van der Waals surface area contributed by atoms with Gasteiger partial charge in [-0.2, -0.15) is 37.4 Å². The summed E-state index contributed by atoms with van der Waals surface area (Å²) in [6, 6.07) is 13.1. The zero-order valence-electron chi connectivity index (χ0n) is 19.2. The molecule has 2 atom stereocenters. The van der Waals surface area contributed by atoms with Crippen molar-refractivity contribution in [3.05, 3.63) is 81.9 Å². The van der Waals surface area contributed by atoms with E-state index < -0.39 is 0 Å². The van der Waals surface area contributed by atoms with E-state index >= 15 is 0 Å². The number of nitrogens with one attached hydrogen (secondary N) is 1. The van der Waals surface area contributed by atoms with Gasteiger partial charge < -0.3 is 9.88 Å². The van der Waals surface area contributed by atoms with Crippen LogP contribution >= 0.6 is 38.6 Å². The third-order valence-electron chi connectivity index (χ3n) is 6.48. The molecule has 5 aromatic rings. The van der Waals surface area contributed by atoms with Crippen LogP contribution in [0.5, 0.6) is 0 Å². The summed E-state index contributed by atoms with van der Waals surface area (Å²) in [5.74, 6) is 1.40. The van der Waals surface area contributed by atoms with E-state index in [4.69, 9.17) is 16.7 Å². The van der Waals surface area contributed by atoms with Crippen molar-refractivity contribution in [2.45, 2.75) is 19.4 Å². The lowest BCUT2D eigenvalue weighted by molar-refractivity contribution is 0.485. The number of benzene rings is 1. The number of anilines is 1. The Labute approximate surface area is 225 Å². The molecule has 1 aromatic carbocycles. The summed E-state index contributed by atoms with van der Waals surface area (Å²) >= 11 is 6.35. The van der Waals surface area contributed by atoms with Crippen molar-refractivity contribution in [3.8, 4) is 11.8 Å². The number of rotatable bonds is 3. The van der Waals surface area contributed by atoms with E-state index in [1.165, 1.54) is 6.33 Å². The van der Waals surface area contributed by atoms with Crippen LogP contribution in [-0.2, 0) is 0 Å². The standard InChI is InChI=1S/C24H19ClN8O.2H2S/c1-14-7-9-31(22-18-15(11-26)12-27-21(18)28-13-29-22)19(14)23-30-32-10-8-17(25)20(32)24(34)33(23)16-5-3-2-4-6-16;;/h2-6,8,10,12-14,19H,7,9H2,1H3,(H,27,28,29);2*1H2/t14-,19?;;/m0../s1. The molecule has 1 unspecified atom stereocenters. The van der Waals surface area contributed by atoms with Gasteiger partial charge in [0.15, 0.2) is 5.82 Å². The van der Waals surface area contributed by atoms with Crippen LogP contribution in [0.25, 0.3) is 22.2 Å². The number of hydrogen-bond acceptors (Lipinski definition) is 6. The van der Waals surface area contributed by atoms with Gasteiger partial charge in [-0.3, -0.25) is 9.36 Å². The highest BCUT2D eigenvalue weighted by Gasteiger charge is 2.38. The maximum absolute atomic E-state index is 13.7. The van der Waals surface area contributed by atoms with Crippen LogP contribution in [0, 0.1) is 17.2 Å². The fourth-order valence-corrected chi connectivity index (χ4v) is 5.12. The van der Waals surface area contributed by atoms with Gasteiger partial charge in [0.25, 0.3) is 5.56 Å². The molecule has 1 fully saturated rings. The summed E-state index contributed by atoms with van der Waals surface area (Å²) in [7, 11) is 0. The number of fused-ring (bicyclic) bond motifs is 2. The Balaban J connectivity index is 0.00000152. The molecule has 0 radical (unpaired) electrons. The number of aromatic nitrogens is 6. The van der Waals surface area contributed by atoms with E-state index in [0.29, 0.717) is 51.0 Å². The van der Waals surface area contributed by atoms with Crippen LogP contribution in [0.3, 0.4) is 0 Å². The molecule has 1 aliphatic rings. The molecule has 4 aromatic heterocycles. The Morgan fingerprint density at radius 1 is 1.17 bits per heavy atom. The fraction of sp³-hybridized carbons (Fsp3) is 0.208. The van der Waals surface area contributed by atoms with E-state index in [-0.39, 0.29) is 44.5 Å². The Morgan fingerprint density at radius 3 is 2.69 bits per heavy atom. The molecule has 0 aliphatic carbocycles. The molecule has 36 heavy (non-hydrogen) atoms. The molecule has 5 heterocycles. The van der Waals surface area contributed by atoms with Crippen LogP contribution in [-0.4, -0.2) is 35.7 Å². The lowest BCUT2D eigenvalue weighted by Crippen LogP contribution is -2.34. The first-order chi connectivity index (χ1) is 16.6. The number of nitriles is 1. The molecule has 1 aliphatic heterocycles. The quantitative estimate of drug-likeness (QED) is 0.370. The summed E-state index contributed by atoms with van der Waals surface area (Å²) in [5, 5.41) is 15.6. The molecule has 184 valence electrons. The molecule has 0 bridgehead atoms. The highest BCUT2D eigenvalue weighted by Crippen LogP contribution is 2.41. The molecule has 0 saturated carbocycles. The van der Waals surface area contributed by atoms with E-state index in [9.17, 15) is 10.1 Å². The number of halogens is 1. The molecular formula is C24H23ClN8OS2. The van der Waals surface area contributed by atoms with Gasteiger partial charge in [-0.1, -0.05) is 36.7 Å². The van der Waals surface area contributed by atoms with Crippen LogP contribution < -0.4 is 10.5 Å². The molecule has 0 amide bonds. The first kappa shape index (κ1) is 25.6. The average molecular weight is 539 g/mol. The van der Waals surface area contributed by atoms with Crippen molar-refractivity contribution in [2.75, 3.05) is 11.4 Å². The van der Waals surface area contributed by atoms with Gasteiger partial charge in [-0.15, -0.1) is 0 Å². The first-order valence-corrected chi connectivity index (χ1v) is 11.3. The zero-order valence-corrected chi connectivity index (χ0v) is 21.9. The highest BCUT2D eigenvalue weighted by atomic mass is 35.5. The second-order valence-corrected chi connectivity index (χ2v) is 8.84. The summed E-state index contributed by atoms with van der Waals surface area (Å²) < 4.78 is 3.19. The van der Waals surface area contributed by atoms with Crippen molar-refractivity contribution in [3.63, 3.8) is 0 Å². The molecule has 1 N–H and O–H groups in total. The molecule has 12 heteroatoms. The molecule has 0 spiro atoms. The van der Waals surface area contributed by atoms with E-state index in [1.807, 2.05) is 30.3 Å². The van der Waals surface area contributed by atoms with Crippen LogP contribution in [0.2, 0.25) is 5.02 Å². The third-order valence-corrected chi connectivity index (χ3v) is 6.79. The number of H-pyrrole nitrogens is 1. The monoisotopic (exact) mass is 538 g/mol. The predicted molar refractivity (Wildman–Crippen MR) is 149 cm³/mol. The second kappa shape index (κ2) is 9.89. The minimum absolute atomic E-state index is 0. The van der Waals surface area contributed by atoms with Crippen LogP contribution in [0.4, 0.5) is 5.82 Å². The number of hydrogen-bond donors (Lipinski definition) is 1. The SMILES string of the molecule is C[C@H]1CCN(c2ncnc3[nH]cc(C#N)c23)C1c1nn2ccc(Cl)c2c(=O)n1-c1ccccc1.S.S. The number of para-hydroxylation sites is 1. The van der Waals surface area contributed by atoms with Gasteiger partial charge in [-0.25, -0.2) is 14.5 Å². The maximum Gasteiger partial charge on any atom is 0.284 e. The van der Waals surface area contributed by atoms with Crippen molar-refractivity contribution < 1.29 is 0 Å². The molecule has 6 rings (SSSR count). The summed E-state index contributed by atoms with van der Waals surface area (Å²) in [6.07, 6.45) is 5.70. The van der Waals surface area contributed by atoms with Crippen molar-refractivity contribution in [1.82, 2.24) is 29.1 Å². The Hall–Kier alpha value is -3.46. The van der Waals surface area contributed by atoms with E-state index in [2.05, 4.69) is 32.8 Å². The molecule has 1 saturated heterocycles. The number of aromatic amines is 1. The molecule has 9 nitrogen and oxygen atoms in total. The fourth-order valence-electron chi connectivity index (χ4n) is 4.90. The van der Waals surface area contributed by atoms with Crippen molar-refractivity contribution in [2.24, 2.45) is 5.92 Å². The summed E-state index contributed by atoms with van der Waals surface area (Å²) in [5.41, 5.74) is 1.87. The van der Waals surface area contributed by atoms with Crippen LogP contribution in [0.15, 0.2) is 59.9 Å². The first-order valence-electron chi connectivity index (χ1n) is 10.9. The molecular weight excluding hydrogens is 516 g/mol. The van der Waals surface area contributed by atoms with Crippen molar-refractivity contribution >= 4 is 61.0 Å². The average Bonchev–Trinajstić information content (AvgIpc) is 3.56. The van der Waals surface area contributed by atoms with Gasteiger partial charge in [0.1, 0.15) is 29.4 Å². The van der Waals surface area contributed by atoms with Crippen LogP contribution in [0.1, 0.15) is 30.8 Å². The van der Waals surface area contributed by atoms with Gasteiger partial charge in [0.2, 0.25) is 0 Å². The minimum Gasteiger partial charge on any atom is -0.345 e. The largest absolute Gasteiger partial charge is 0.345 e. The maximum atomic E-state index is 13.7. The van der Waals surface area contributed by atoms with Gasteiger partial charge >= 0.3 is 0 Å². The van der Waals surface area contributed by atoms with Crippen molar-refractivity contribution in [1.29, 1.82) is 5.26 Å². The third kappa shape index (κ3) is 3.82. The number of nitrogens with zero attached hydrogens (tertiary/aromatic N) is 7. The second-order valence-electron chi connectivity index (χ2n) is 8.43. The normalized spacial score (nSPS) is 17.1. The lowest BCUT2D eigenvalue weighted by atomic mass is 10.0. The predicted octanol–water partition coefficient (Wildman–Crippen LogP) is 4.09. The summed E-state index contributed by atoms with van der Waals surface area (Å²) in [4.78, 5) is 27.8. The smallest absolute Gasteiger partial charge is 0.284 e. The zero-order chi connectivity index (χ0) is 23.4. The lowest BCUT2D eigenvalue weighted by Gasteiger charge is -2.29.